The van der Waals surface area contributed by atoms with Crippen LogP contribution >= 0.6 is 0 Å². The van der Waals surface area contributed by atoms with E-state index in [1.165, 1.54) is 24.3 Å². The number of benzene rings is 2. The minimum absolute atomic E-state index is 0.154. The van der Waals surface area contributed by atoms with E-state index in [9.17, 15) is 8.42 Å². The van der Waals surface area contributed by atoms with Crippen LogP contribution in [0, 0.1) is 45.3 Å². The van der Waals surface area contributed by atoms with E-state index in [2.05, 4.69) is 0 Å². The van der Waals surface area contributed by atoms with Crippen molar-refractivity contribution < 1.29 is 8.42 Å². The van der Waals surface area contributed by atoms with Crippen molar-refractivity contribution in [1.29, 1.82) is 21.0 Å². The van der Waals surface area contributed by atoms with Gasteiger partial charge in [-0.15, -0.1) is 0 Å². The van der Waals surface area contributed by atoms with E-state index in [0.717, 1.165) is 12.1 Å². The molecule has 2 rings (SSSR count). The summed E-state index contributed by atoms with van der Waals surface area (Å²) in [5.41, 5.74) is -0.0590. The van der Waals surface area contributed by atoms with Crippen LogP contribution in [0.4, 0.5) is 0 Å². The maximum Gasteiger partial charge on any atom is 0.209 e. The first kappa shape index (κ1) is 15.7. The van der Waals surface area contributed by atoms with Crippen molar-refractivity contribution in [3.05, 3.63) is 58.7 Å². The molecule has 0 saturated carbocycles. The molecule has 0 bridgehead atoms. The molecule has 6 nitrogen and oxygen atoms in total. The first-order valence-corrected chi connectivity index (χ1v) is 7.60. The van der Waals surface area contributed by atoms with Crippen LogP contribution < -0.4 is 0 Å². The molecule has 0 aliphatic rings. The molecule has 2 aromatic rings. The highest BCUT2D eigenvalue weighted by molar-refractivity contribution is 7.91. The number of hydrogen-bond acceptors (Lipinski definition) is 6. The van der Waals surface area contributed by atoms with Crippen molar-refractivity contribution in [3.63, 3.8) is 0 Å². The van der Waals surface area contributed by atoms with E-state index in [-0.39, 0.29) is 32.0 Å². The van der Waals surface area contributed by atoms with Crippen LogP contribution in [0.15, 0.2) is 46.2 Å². The molecule has 0 amide bonds. The van der Waals surface area contributed by atoms with Gasteiger partial charge in [0.05, 0.1) is 44.2 Å². The summed E-state index contributed by atoms with van der Waals surface area (Å²) >= 11 is 0. The molecule has 0 aliphatic carbocycles. The molecule has 0 fully saturated rings. The average Bonchev–Trinajstić information content (AvgIpc) is 2.60. The van der Waals surface area contributed by atoms with Gasteiger partial charge in [-0.2, -0.15) is 21.0 Å². The first-order valence-electron chi connectivity index (χ1n) is 6.11. The van der Waals surface area contributed by atoms with Gasteiger partial charge in [0.1, 0.15) is 12.1 Å². The third-order valence-corrected chi connectivity index (χ3v) is 4.91. The van der Waals surface area contributed by atoms with Crippen molar-refractivity contribution in [2.24, 2.45) is 0 Å². The van der Waals surface area contributed by atoms with Crippen molar-refractivity contribution >= 4 is 9.84 Å². The average molecular weight is 318 g/mol. The van der Waals surface area contributed by atoms with Crippen LogP contribution in [0.2, 0.25) is 0 Å². The summed E-state index contributed by atoms with van der Waals surface area (Å²) in [6, 6.07) is 14.3. The van der Waals surface area contributed by atoms with Crippen LogP contribution in [-0.2, 0) is 9.84 Å². The standard InChI is InChI=1S/C16H6N4O2S/c17-7-11-1-3-15(13(5-11)9-19)23(21,22)16-4-2-12(8-18)6-14(16)10-20/h1-6H. The van der Waals surface area contributed by atoms with Crippen molar-refractivity contribution in [3.8, 4) is 24.3 Å². The Bertz CT molecular complexity index is 994. The van der Waals surface area contributed by atoms with Gasteiger partial charge >= 0.3 is 0 Å². The maximum absolute atomic E-state index is 12.7. The molecule has 0 radical (unpaired) electrons. The number of hydrogen-bond donors (Lipinski definition) is 0. The highest BCUT2D eigenvalue weighted by Crippen LogP contribution is 2.27. The van der Waals surface area contributed by atoms with Crippen LogP contribution in [0.1, 0.15) is 22.3 Å². The lowest BCUT2D eigenvalue weighted by atomic mass is 10.1. The Hall–Kier alpha value is -3.65. The van der Waals surface area contributed by atoms with Gasteiger partial charge in [-0.1, -0.05) is 0 Å². The lowest BCUT2D eigenvalue weighted by Gasteiger charge is -2.08. The number of nitriles is 4. The number of nitrogens with zero attached hydrogens (tertiary/aromatic N) is 4. The second-order valence-electron chi connectivity index (χ2n) is 4.37. The quantitative estimate of drug-likeness (QED) is 0.832. The smallest absolute Gasteiger partial charge is 0.209 e. The Morgan fingerprint density at radius 2 is 1.04 bits per heavy atom. The topological polar surface area (TPSA) is 129 Å². The molecule has 0 aromatic heterocycles. The SMILES string of the molecule is N#Cc1ccc(S(=O)(=O)c2ccc(C#N)cc2C#N)c(C#N)c1. The third-order valence-electron chi connectivity index (χ3n) is 3.04. The zero-order chi connectivity index (χ0) is 17.0. The zero-order valence-electron chi connectivity index (χ0n) is 11.5. The van der Waals surface area contributed by atoms with Gasteiger partial charge in [0.2, 0.25) is 9.84 Å². The highest BCUT2D eigenvalue weighted by Gasteiger charge is 2.25. The molecule has 2 aromatic carbocycles. The Labute approximate surface area is 132 Å². The van der Waals surface area contributed by atoms with Gasteiger partial charge in [-0.25, -0.2) is 8.42 Å². The van der Waals surface area contributed by atoms with Crippen LogP contribution in [0.5, 0.6) is 0 Å². The van der Waals surface area contributed by atoms with Gasteiger partial charge in [-0.05, 0) is 36.4 Å². The monoisotopic (exact) mass is 318 g/mol. The molecule has 23 heavy (non-hydrogen) atoms. The van der Waals surface area contributed by atoms with Gasteiger partial charge in [0, 0.05) is 0 Å². The van der Waals surface area contributed by atoms with E-state index in [4.69, 9.17) is 21.0 Å². The summed E-state index contributed by atoms with van der Waals surface area (Å²) in [4.78, 5) is -0.583. The fraction of sp³-hybridized carbons (Fsp3) is 0. The van der Waals surface area contributed by atoms with E-state index in [1.807, 2.05) is 12.1 Å². The fourth-order valence-corrected chi connectivity index (χ4v) is 3.48. The summed E-state index contributed by atoms with van der Waals surface area (Å²) in [7, 11) is -4.14. The third kappa shape index (κ3) is 2.74. The summed E-state index contributed by atoms with van der Waals surface area (Å²) in [6.07, 6.45) is 0. The minimum atomic E-state index is -4.14. The molecular weight excluding hydrogens is 312 g/mol. The van der Waals surface area contributed by atoms with Gasteiger partial charge < -0.3 is 0 Å². The molecule has 0 spiro atoms. The Morgan fingerprint density at radius 3 is 1.35 bits per heavy atom. The van der Waals surface area contributed by atoms with E-state index < -0.39 is 9.84 Å². The van der Waals surface area contributed by atoms with E-state index in [1.54, 1.807) is 12.1 Å². The number of rotatable bonds is 2. The predicted octanol–water partition coefficient (Wildman–Crippen LogP) is 2.01. The molecule has 108 valence electrons. The Morgan fingerprint density at radius 1 is 0.652 bits per heavy atom. The molecule has 0 atom stereocenters. The normalized spacial score (nSPS) is 9.91. The van der Waals surface area contributed by atoms with Crippen molar-refractivity contribution in [1.82, 2.24) is 0 Å². The lowest BCUT2D eigenvalue weighted by molar-refractivity contribution is 0.595. The van der Waals surface area contributed by atoms with E-state index in [0.29, 0.717) is 0 Å². The Kier molecular flexibility index (Phi) is 4.10. The molecule has 0 unspecified atom stereocenters. The molecule has 0 aliphatic heterocycles. The van der Waals surface area contributed by atoms with Gasteiger partial charge in [0.15, 0.2) is 0 Å². The lowest BCUT2D eigenvalue weighted by Crippen LogP contribution is -2.07. The second-order valence-corrected chi connectivity index (χ2v) is 6.26. The van der Waals surface area contributed by atoms with E-state index >= 15 is 0 Å². The molecule has 0 saturated heterocycles. The largest absolute Gasteiger partial charge is 0.218 e. The van der Waals surface area contributed by atoms with Crippen LogP contribution in [-0.4, -0.2) is 8.42 Å². The number of sulfone groups is 1. The summed E-state index contributed by atoms with van der Waals surface area (Å²) in [5.74, 6) is 0. The fourth-order valence-electron chi connectivity index (χ4n) is 1.96. The molecular formula is C16H6N4O2S. The summed E-state index contributed by atoms with van der Waals surface area (Å²) in [5, 5.41) is 35.9. The van der Waals surface area contributed by atoms with Crippen LogP contribution in [0.3, 0.4) is 0 Å². The predicted molar refractivity (Wildman–Crippen MR) is 77.2 cm³/mol. The van der Waals surface area contributed by atoms with Gasteiger partial charge in [-0.3, -0.25) is 0 Å². The molecule has 0 heterocycles. The first-order chi connectivity index (χ1) is 11.0. The minimum Gasteiger partial charge on any atom is -0.218 e. The van der Waals surface area contributed by atoms with Crippen molar-refractivity contribution in [2.75, 3.05) is 0 Å². The molecule has 0 N–H and O–H groups in total. The molecule has 7 heteroatoms. The second kappa shape index (κ2) is 6.00. The zero-order valence-corrected chi connectivity index (χ0v) is 12.3. The Balaban J connectivity index is 2.76. The summed E-state index contributed by atoms with van der Waals surface area (Å²) in [6.45, 7) is 0. The van der Waals surface area contributed by atoms with Crippen LogP contribution in [0.25, 0.3) is 0 Å². The van der Waals surface area contributed by atoms with Crippen molar-refractivity contribution in [2.45, 2.75) is 9.79 Å². The maximum atomic E-state index is 12.7. The van der Waals surface area contributed by atoms with Gasteiger partial charge in [0.25, 0.3) is 0 Å². The summed E-state index contributed by atoms with van der Waals surface area (Å²) < 4.78 is 25.4. The highest BCUT2D eigenvalue weighted by atomic mass is 32.2.